The average Bonchev–Trinajstić information content (AvgIpc) is 3.26. The highest BCUT2D eigenvalue weighted by Crippen LogP contribution is 2.28. The van der Waals surface area contributed by atoms with Crippen molar-refractivity contribution >= 4 is 23.0 Å². The van der Waals surface area contributed by atoms with Gasteiger partial charge in [-0.15, -0.1) is 0 Å². The number of amides is 1. The smallest absolute Gasteiger partial charge is 0.295 e. The molecule has 1 fully saturated rings. The second-order valence-electron chi connectivity index (χ2n) is 7.93. The summed E-state index contributed by atoms with van der Waals surface area (Å²) in [4.78, 5) is 20.1. The van der Waals surface area contributed by atoms with Crippen LogP contribution in [-0.2, 0) is 0 Å². The van der Waals surface area contributed by atoms with Gasteiger partial charge in [-0.05, 0) is 48.6 Å². The number of likely N-dealkylation sites (tertiary alicyclic amines) is 1. The Morgan fingerprint density at radius 1 is 0.968 bits per heavy atom. The number of hydrogen-bond acceptors (Lipinski definition) is 4. The zero-order valence-electron chi connectivity index (χ0n) is 17.3. The van der Waals surface area contributed by atoms with Crippen molar-refractivity contribution in [2.24, 2.45) is 0 Å². The molecular weight excluding hydrogens is 386 g/mol. The van der Waals surface area contributed by atoms with Crippen LogP contribution in [0.5, 0.6) is 0 Å². The summed E-state index contributed by atoms with van der Waals surface area (Å²) in [6, 6.07) is 26.3. The van der Waals surface area contributed by atoms with E-state index in [0.717, 1.165) is 53.6 Å². The summed E-state index contributed by atoms with van der Waals surface area (Å²) in [6.07, 6.45) is 3.11. The molecular formula is C26H25N3O2. The number of oxazole rings is 1. The number of anilines is 1. The molecule has 1 aliphatic rings. The minimum atomic E-state index is 0.0866. The van der Waals surface area contributed by atoms with E-state index in [0.29, 0.717) is 12.6 Å². The van der Waals surface area contributed by atoms with Crippen molar-refractivity contribution < 1.29 is 9.21 Å². The molecule has 0 spiro atoms. The minimum absolute atomic E-state index is 0.0866. The summed E-state index contributed by atoms with van der Waals surface area (Å²) in [5, 5.41) is 3.31. The predicted molar refractivity (Wildman–Crippen MR) is 123 cm³/mol. The normalized spacial score (nSPS) is 16.4. The Bertz CT molecular complexity index is 1150. The number of nitrogens with one attached hydrogen (secondary N) is 1. The fraction of sp³-hybridized carbons (Fsp3) is 0.231. The van der Waals surface area contributed by atoms with Crippen LogP contribution in [0.2, 0.25) is 0 Å². The molecule has 5 nitrogen and oxygen atoms in total. The van der Waals surface area contributed by atoms with Gasteiger partial charge >= 0.3 is 0 Å². The maximum absolute atomic E-state index is 13.6. The number of carbonyl (C=O) groups is 1. The Kier molecular flexibility index (Phi) is 5.40. The highest BCUT2D eigenvalue weighted by Gasteiger charge is 2.29. The Morgan fingerprint density at radius 3 is 2.61 bits per heavy atom. The number of benzene rings is 3. The lowest BCUT2D eigenvalue weighted by atomic mass is 9.96. The first-order valence-corrected chi connectivity index (χ1v) is 10.8. The second kappa shape index (κ2) is 8.64. The monoisotopic (exact) mass is 411 g/mol. The first-order valence-electron chi connectivity index (χ1n) is 10.8. The molecule has 0 bridgehead atoms. The number of rotatable bonds is 5. The summed E-state index contributed by atoms with van der Waals surface area (Å²) in [5.74, 6) is 0.0866. The molecule has 0 saturated carbocycles. The van der Waals surface area contributed by atoms with Gasteiger partial charge in [0.15, 0.2) is 5.58 Å². The molecule has 2 heterocycles. The molecule has 1 N–H and O–H groups in total. The molecule has 0 unspecified atom stereocenters. The summed E-state index contributed by atoms with van der Waals surface area (Å²) in [5.41, 5.74) is 4.38. The molecule has 5 heteroatoms. The van der Waals surface area contributed by atoms with Gasteiger partial charge in [0.05, 0.1) is 0 Å². The third kappa shape index (κ3) is 4.04. The van der Waals surface area contributed by atoms with Crippen molar-refractivity contribution in [1.82, 2.24) is 9.88 Å². The number of carbonyl (C=O) groups excluding carboxylic acids is 1. The van der Waals surface area contributed by atoms with Crippen LogP contribution in [0, 0.1) is 0 Å². The maximum Gasteiger partial charge on any atom is 0.295 e. The lowest BCUT2D eigenvalue weighted by Gasteiger charge is -2.36. The number of piperidine rings is 1. The van der Waals surface area contributed by atoms with Gasteiger partial charge in [0.1, 0.15) is 5.52 Å². The molecule has 1 aliphatic heterocycles. The lowest BCUT2D eigenvalue weighted by Crippen LogP contribution is -2.47. The second-order valence-corrected chi connectivity index (χ2v) is 7.93. The van der Waals surface area contributed by atoms with Gasteiger partial charge in [-0.25, -0.2) is 0 Å². The number of hydrogen-bond donors (Lipinski definition) is 1. The predicted octanol–water partition coefficient (Wildman–Crippen LogP) is 5.60. The van der Waals surface area contributed by atoms with E-state index in [1.807, 2.05) is 71.6 Å². The van der Waals surface area contributed by atoms with Gasteiger partial charge < -0.3 is 14.6 Å². The van der Waals surface area contributed by atoms with Gasteiger partial charge in [0.25, 0.3) is 11.9 Å². The van der Waals surface area contributed by atoms with Crippen molar-refractivity contribution in [1.29, 1.82) is 0 Å². The van der Waals surface area contributed by atoms with Gasteiger partial charge in [0, 0.05) is 24.7 Å². The number of aromatic nitrogens is 1. The van der Waals surface area contributed by atoms with Crippen LogP contribution in [0.4, 0.5) is 6.01 Å². The Morgan fingerprint density at radius 2 is 1.74 bits per heavy atom. The Labute approximate surface area is 181 Å². The van der Waals surface area contributed by atoms with Crippen molar-refractivity contribution in [3.8, 4) is 11.1 Å². The number of fused-ring (bicyclic) bond motifs is 1. The fourth-order valence-electron chi connectivity index (χ4n) is 4.33. The molecule has 31 heavy (non-hydrogen) atoms. The Hall–Kier alpha value is -3.60. The first-order chi connectivity index (χ1) is 15.3. The molecule has 5 rings (SSSR count). The zero-order valence-corrected chi connectivity index (χ0v) is 17.3. The van der Waals surface area contributed by atoms with E-state index >= 15 is 0 Å². The quantitative estimate of drug-likeness (QED) is 0.464. The first kappa shape index (κ1) is 19.4. The molecule has 1 saturated heterocycles. The van der Waals surface area contributed by atoms with Gasteiger partial charge in [0.2, 0.25) is 0 Å². The van der Waals surface area contributed by atoms with Gasteiger partial charge in [-0.1, -0.05) is 60.7 Å². The highest BCUT2D eigenvalue weighted by atomic mass is 16.4. The minimum Gasteiger partial charge on any atom is -0.424 e. The average molecular weight is 412 g/mol. The summed E-state index contributed by atoms with van der Waals surface area (Å²) >= 11 is 0. The largest absolute Gasteiger partial charge is 0.424 e. The maximum atomic E-state index is 13.6. The van der Waals surface area contributed by atoms with Crippen molar-refractivity contribution in [2.75, 3.05) is 18.4 Å². The third-order valence-corrected chi connectivity index (χ3v) is 5.91. The van der Waals surface area contributed by atoms with E-state index < -0.39 is 0 Å². The van der Waals surface area contributed by atoms with Crippen molar-refractivity contribution in [3.05, 3.63) is 84.4 Å². The summed E-state index contributed by atoms with van der Waals surface area (Å²) in [6.45, 7) is 1.38. The summed E-state index contributed by atoms with van der Waals surface area (Å²) < 4.78 is 5.79. The number of nitrogens with zero attached hydrogens (tertiary/aromatic N) is 2. The van der Waals surface area contributed by atoms with E-state index in [1.54, 1.807) is 0 Å². The zero-order chi connectivity index (χ0) is 21.0. The molecule has 1 atom stereocenters. The van der Waals surface area contributed by atoms with E-state index in [4.69, 9.17) is 4.42 Å². The third-order valence-electron chi connectivity index (χ3n) is 5.91. The van der Waals surface area contributed by atoms with E-state index in [2.05, 4.69) is 22.4 Å². The van der Waals surface area contributed by atoms with Crippen LogP contribution in [0.3, 0.4) is 0 Å². The number of para-hydroxylation sites is 2. The lowest BCUT2D eigenvalue weighted by molar-refractivity contribution is 0.0628. The fourth-order valence-corrected chi connectivity index (χ4v) is 4.33. The van der Waals surface area contributed by atoms with E-state index in [-0.39, 0.29) is 11.9 Å². The molecule has 1 amide bonds. The topological polar surface area (TPSA) is 58.4 Å². The molecule has 4 aromatic rings. The standard InChI is InChI=1S/C26H25N3O2/c30-25(22-14-5-4-13-21(22)19-10-2-1-3-11-19)29-17-9-8-12-20(29)18-27-26-28-23-15-6-7-16-24(23)31-26/h1-7,10-11,13-16,20H,8-9,12,17-18H2,(H,27,28)/t20-/m0/s1. The van der Waals surface area contributed by atoms with Crippen LogP contribution in [-0.4, -0.2) is 34.9 Å². The molecule has 0 aliphatic carbocycles. The van der Waals surface area contributed by atoms with Crippen LogP contribution < -0.4 is 5.32 Å². The van der Waals surface area contributed by atoms with Crippen LogP contribution >= 0.6 is 0 Å². The van der Waals surface area contributed by atoms with Crippen LogP contribution in [0.25, 0.3) is 22.2 Å². The Balaban J connectivity index is 1.36. The highest BCUT2D eigenvalue weighted by molar-refractivity contribution is 6.01. The van der Waals surface area contributed by atoms with E-state index in [9.17, 15) is 4.79 Å². The summed E-state index contributed by atoms with van der Waals surface area (Å²) in [7, 11) is 0. The molecule has 1 aromatic heterocycles. The van der Waals surface area contributed by atoms with Crippen molar-refractivity contribution in [2.45, 2.75) is 25.3 Å². The van der Waals surface area contributed by atoms with Crippen LogP contribution in [0.1, 0.15) is 29.6 Å². The molecule has 3 aromatic carbocycles. The molecule has 0 radical (unpaired) electrons. The van der Waals surface area contributed by atoms with E-state index in [1.165, 1.54) is 0 Å². The van der Waals surface area contributed by atoms with Gasteiger partial charge in [-0.2, -0.15) is 4.98 Å². The SMILES string of the molecule is O=C(c1ccccc1-c1ccccc1)N1CCCC[C@H]1CNc1nc2ccccc2o1. The molecule has 156 valence electrons. The van der Waals surface area contributed by atoms with Crippen LogP contribution in [0.15, 0.2) is 83.3 Å². The van der Waals surface area contributed by atoms with Gasteiger partial charge in [-0.3, -0.25) is 4.79 Å². The van der Waals surface area contributed by atoms with Crippen molar-refractivity contribution in [3.63, 3.8) is 0 Å².